The maximum Gasteiger partial charge on any atom is 0.123 e. The van der Waals surface area contributed by atoms with E-state index in [0.717, 1.165) is 18.3 Å². The molecule has 1 fully saturated rings. The number of hydrogen-bond donors (Lipinski definition) is 0. The molecule has 12 heavy (non-hydrogen) atoms. The third-order valence-corrected chi connectivity index (χ3v) is 3.36. The van der Waals surface area contributed by atoms with E-state index in [2.05, 4.69) is 25.1 Å². The normalized spacial score (nSPS) is 36.2. The average Bonchev–Trinajstić information content (AvgIpc) is 2.58. The highest BCUT2D eigenvalue weighted by atomic mass is 16.5. The molecule has 0 amide bonds. The van der Waals surface area contributed by atoms with Crippen molar-refractivity contribution in [3.8, 4) is 5.75 Å². The number of para-hydroxylation sites is 1. The van der Waals surface area contributed by atoms with Crippen LogP contribution in [0.25, 0.3) is 0 Å². The SMILES string of the molecule is CC1CC12COc1ccccc12. The van der Waals surface area contributed by atoms with Crippen molar-refractivity contribution in [2.75, 3.05) is 6.61 Å². The van der Waals surface area contributed by atoms with Crippen LogP contribution in [0.4, 0.5) is 0 Å². The van der Waals surface area contributed by atoms with Gasteiger partial charge in [0, 0.05) is 11.0 Å². The summed E-state index contributed by atoms with van der Waals surface area (Å²) in [6, 6.07) is 8.45. The quantitative estimate of drug-likeness (QED) is 0.566. The molecule has 2 aliphatic rings. The third kappa shape index (κ3) is 0.603. The summed E-state index contributed by atoms with van der Waals surface area (Å²) in [7, 11) is 0. The Morgan fingerprint density at radius 1 is 1.42 bits per heavy atom. The smallest absolute Gasteiger partial charge is 0.123 e. The molecule has 1 aromatic carbocycles. The standard InChI is InChI=1S/C11H12O/c1-8-6-11(8)7-12-10-5-3-2-4-9(10)11/h2-5,8H,6-7H2,1H3. The Balaban J connectivity index is 2.15. The molecule has 0 saturated heterocycles. The van der Waals surface area contributed by atoms with E-state index < -0.39 is 0 Å². The van der Waals surface area contributed by atoms with E-state index in [1.165, 1.54) is 12.0 Å². The zero-order valence-electron chi connectivity index (χ0n) is 7.21. The van der Waals surface area contributed by atoms with Gasteiger partial charge in [-0.3, -0.25) is 0 Å². The first-order valence-electron chi connectivity index (χ1n) is 4.55. The van der Waals surface area contributed by atoms with Crippen LogP contribution >= 0.6 is 0 Å². The van der Waals surface area contributed by atoms with Crippen molar-refractivity contribution in [3.05, 3.63) is 29.8 Å². The number of fused-ring (bicyclic) bond motifs is 2. The van der Waals surface area contributed by atoms with Crippen LogP contribution in [0.2, 0.25) is 0 Å². The molecule has 0 aromatic heterocycles. The molecular formula is C11H12O. The van der Waals surface area contributed by atoms with E-state index in [1.54, 1.807) is 0 Å². The predicted molar refractivity (Wildman–Crippen MR) is 47.4 cm³/mol. The zero-order valence-corrected chi connectivity index (χ0v) is 7.21. The van der Waals surface area contributed by atoms with E-state index >= 15 is 0 Å². The van der Waals surface area contributed by atoms with Gasteiger partial charge in [0.15, 0.2) is 0 Å². The lowest BCUT2D eigenvalue weighted by atomic mass is 9.96. The molecule has 2 unspecified atom stereocenters. The Bertz CT molecular complexity index is 332. The molecule has 0 radical (unpaired) electrons. The van der Waals surface area contributed by atoms with Crippen LogP contribution in [0.5, 0.6) is 5.75 Å². The summed E-state index contributed by atoms with van der Waals surface area (Å²) in [4.78, 5) is 0. The van der Waals surface area contributed by atoms with Gasteiger partial charge in [-0.15, -0.1) is 0 Å². The highest BCUT2D eigenvalue weighted by Crippen LogP contribution is 2.59. The minimum absolute atomic E-state index is 0.413. The van der Waals surface area contributed by atoms with Crippen molar-refractivity contribution in [1.82, 2.24) is 0 Å². The summed E-state index contributed by atoms with van der Waals surface area (Å²) in [5.41, 5.74) is 1.86. The van der Waals surface area contributed by atoms with Crippen molar-refractivity contribution in [1.29, 1.82) is 0 Å². The molecule has 62 valence electrons. The van der Waals surface area contributed by atoms with Crippen LogP contribution in [0.3, 0.4) is 0 Å². The van der Waals surface area contributed by atoms with Crippen molar-refractivity contribution in [3.63, 3.8) is 0 Å². The van der Waals surface area contributed by atoms with Gasteiger partial charge in [-0.25, -0.2) is 0 Å². The van der Waals surface area contributed by atoms with Crippen molar-refractivity contribution >= 4 is 0 Å². The molecule has 0 bridgehead atoms. The van der Waals surface area contributed by atoms with Gasteiger partial charge >= 0.3 is 0 Å². The van der Waals surface area contributed by atoms with Crippen LogP contribution in [-0.4, -0.2) is 6.61 Å². The summed E-state index contributed by atoms with van der Waals surface area (Å²) in [5.74, 6) is 1.93. The Morgan fingerprint density at radius 2 is 2.17 bits per heavy atom. The Morgan fingerprint density at radius 3 is 2.92 bits per heavy atom. The summed E-state index contributed by atoms with van der Waals surface area (Å²) < 4.78 is 5.65. The Hall–Kier alpha value is -0.980. The molecule has 0 N–H and O–H groups in total. The number of hydrogen-bond acceptors (Lipinski definition) is 1. The summed E-state index contributed by atoms with van der Waals surface area (Å²) in [5, 5.41) is 0. The molecule has 1 heterocycles. The maximum absolute atomic E-state index is 5.65. The van der Waals surface area contributed by atoms with E-state index in [-0.39, 0.29) is 0 Å². The number of rotatable bonds is 0. The zero-order chi connectivity index (χ0) is 8.18. The second kappa shape index (κ2) is 1.85. The number of benzene rings is 1. The largest absolute Gasteiger partial charge is 0.492 e. The van der Waals surface area contributed by atoms with Gasteiger partial charge in [0.25, 0.3) is 0 Å². The van der Waals surface area contributed by atoms with Crippen LogP contribution in [0.15, 0.2) is 24.3 Å². The Labute approximate surface area is 72.4 Å². The first kappa shape index (κ1) is 6.53. The van der Waals surface area contributed by atoms with E-state index in [1.807, 2.05) is 6.07 Å². The summed E-state index contributed by atoms with van der Waals surface area (Å²) in [6.07, 6.45) is 1.31. The van der Waals surface area contributed by atoms with Gasteiger partial charge in [0.2, 0.25) is 0 Å². The van der Waals surface area contributed by atoms with Crippen LogP contribution in [-0.2, 0) is 5.41 Å². The molecule has 1 saturated carbocycles. The van der Waals surface area contributed by atoms with Gasteiger partial charge in [-0.2, -0.15) is 0 Å². The van der Waals surface area contributed by atoms with Crippen molar-refractivity contribution in [2.45, 2.75) is 18.8 Å². The Kier molecular flexibility index (Phi) is 1.00. The van der Waals surface area contributed by atoms with Crippen LogP contribution < -0.4 is 4.74 Å². The summed E-state index contributed by atoms with van der Waals surface area (Å²) >= 11 is 0. The molecule has 3 rings (SSSR count). The first-order chi connectivity index (χ1) is 5.83. The molecule has 1 heteroatoms. The molecule has 1 spiro atoms. The molecular weight excluding hydrogens is 148 g/mol. The van der Waals surface area contributed by atoms with Gasteiger partial charge in [-0.1, -0.05) is 25.1 Å². The second-order valence-electron chi connectivity index (χ2n) is 4.05. The van der Waals surface area contributed by atoms with E-state index in [0.29, 0.717) is 5.41 Å². The monoisotopic (exact) mass is 160 g/mol. The first-order valence-corrected chi connectivity index (χ1v) is 4.55. The fraction of sp³-hybridized carbons (Fsp3) is 0.455. The highest BCUT2D eigenvalue weighted by Gasteiger charge is 2.57. The number of ether oxygens (including phenoxy) is 1. The van der Waals surface area contributed by atoms with Gasteiger partial charge in [0.1, 0.15) is 5.75 Å². The second-order valence-corrected chi connectivity index (χ2v) is 4.05. The molecule has 1 nitrogen and oxygen atoms in total. The van der Waals surface area contributed by atoms with Crippen LogP contribution in [0, 0.1) is 5.92 Å². The van der Waals surface area contributed by atoms with E-state index in [4.69, 9.17) is 4.74 Å². The lowest BCUT2D eigenvalue weighted by Gasteiger charge is -2.03. The molecule has 1 aromatic rings. The summed E-state index contributed by atoms with van der Waals surface area (Å²) in [6.45, 7) is 3.22. The molecule has 1 aliphatic carbocycles. The predicted octanol–water partition coefficient (Wildman–Crippen LogP) is 2.36. The molecule has 2 atom stereocenters. The average molecular weight is 160 g/mol. The van der Waals surface area contributed by atoms with Gasteiger partial charge in [-0.05, 0) is 18.4 Å². The van der Waals surface area contributed by atoms with Crippen LogP contribution in [0.1, 0.15) is 18.9 Å². The van der Waals surface area contributed by atoms with Crippen molar-refractivity contribution in [2.24, 2.45) is 5.92 Å². The molecule has 1 aliphatic heterocycles. The minimum Gasteiger partial charge on any atom is -0.492 e. The van der Waals surface area contributed by atoms with Gasteiger partial charge < -0.3 is 4.74 Å². The fourth-order valence-corrected chi connectivity index (χ4v) is 2.35. The topological polar surface area (TPSA) is 9.23 Å². The lowest BCUT2D eigenvalue weighted by molar-refractivity contribution is 0.316. The highest BCUT2D eigenvalue weighted by molar-refractivity contribution is 5.48. The third-order valence-electron chi connectivity index (χ3n) is 3.36. The fourth-order valence-electron chi connectivity index (χ4n) is 2.35. The lowest BCUT2D eigenvalue weighted by Crippen LogP contribution is -2.10. The van der Waals surface area contributed by atoms with E-state index in [9.17, 15) is 0 Å². The minimum atomic E-state index is 0.413. The van der Waals surface area contributed by atoms with Gasteiger partial charge in [0.05, 0.1) is 6.61 Å². The van der Waals surface area contributed by atoms with Crippen molar-refractivity contribution < 1.29 is 4.74 Å². The maximum atomic E-state index is 5.65.